The molecule has 0 spiro atoms. The second kappa shape index (κ2) is 8.70. The summed E-state index contributed by atoms with van der Waals surface area (Å²) < 4.78 is 1.79. The van der Waals surface area contributed by atoms with Gasteiger partial charge in [-0.1, -0.05) is 12.1 Å². The number of aromatic nitrogens is 2. The van der Waals surface area contributed by atoms with Crippen LogP contribution in [-0.4, -0.2) is 33.7 Å². The van der Waals surface area contributed by atoms with Gasteiger partial charge < -0.3 is 10.2 Å². The lowest BCUT2D eigenvalue weighted by atomic mass is 10.1. The van der Waals surface area contributed by atoms with Crippen molar-refractivity contribution in [1.29, 1.82) is 0 Å². The van der Waals surface area contributed by atoms with E-state index >= 15 is 0 Å². The summed E-state index contributed by atoms with van der Waals surface area (Å²) in [4.78, 5) is 13.9. The van der Waals surface area contributed by atoms with E-state index in [2.05, 4.69) is 10.4 Å². The molecule has 23 heavy (non-hydrogen) atoms. The normalized spacial score (nSPS) is 10.5. The molecule has 5 nitrogen and oxygen atoms in total. The molecule has 1 aromatic heterocycles. The van der Waals surface area contributed by atoms with Gasteiger partial charge in [0.15, 0.2) is 0 Å². The predicted molar refractivity (Wildman–Crippen MR) is 94.7 cm³/mol. The zero-order valence-electron chi connectivity index (χ0n) is 14.1. The third kappa shape index (κ3) is 5.37. The van der Waals surface area contributed by atoms with Crippen LogP contribution >= 0.6 is 12.4 Å². The highest BCUT2D eigenvalue weighted by Gasteiger charge is 2.13. The number of hydrogen-bond acceptors (Lipinski definition) is 3. The van der Waals surface area contributed by atoms with Crippen molar-refractivity contribution in [2.24, 2.45) is 7.05 Å². The Labute approximate surface area is 144 Å². The minimum atomic E-state index is 0. The van der Waals surface area contributed by atoms with E-state index in [0.717, 1.165) is 29.8 Å². The fraction of sp³-hybridized carbons (Fsp3) is 0.412. The van der Waals surface area contributed by atoms with Crippen LogP contribution in [0, 0.1) is 0 Å². The predicted octanol–water partition coefficient (Wildman–Crippen LogP) is 2.61. The van der Waals surface area contributed by atoms with Crippen LogP contribution in [0.2, 0.25) is 0 Å². The number of nitrogens with zero attached hydrogens (tertiary/aromatic N) is 3. The minimum absolute atomic E-state index is 0. The van der Waals surface area contributed by atoms with Gasteiger partial charge in [-0.3, -0.25) is 9.48 Å². The first-order valence-electron chi connectivity index (χ1n) is 7.51. The van der Waals surface area contributed by atoms with Gasteiger partial charge in [0.25, 0.3) is 5.91 Å². The molecule has 1 heterocycles. The van der Waals surface area contributed by atoms with E-state index in [1.807, 2.05) is 64.6 Å². The van der Waals surface area contributed by atoms with E-state index in [4.69, 9.17) is 0 Å². The first kappa shape index (κ1) is 19.2. The Bertz CT molecular complexity index is 622. The first-order chi connectivity index (χ1) is 10.5. The van der Waals surface area contributed by atoms with Crippen molar-refractivity contribution < 1.29 is 4.79 Å². The van der Waals surface area contributed by atoms with E-state index < -0.39 is 0 Å². The van der Waals surface area contributed by atoms with Gasteiger partial charge in [-0.15, -0.1) is 12.4 Å². The van der Waals surface area contributed by atoms with Crippen LogP contribution in [0.5, 0.6) is 0 Å². The average molecular weight is 337 g/mol. The molecule has 0 aliphatic heterocycles. The SMILES string of the molecule is CC(C)N(C)C(=O)c1ccc(CNCc2cnn(C)c2)cc1.Cl. The second-order valence-corrected chi connectivity index (χ2v) is 5.83. The summed E-state index contributed by atoms with van der Waals surface area (Å²) in [5.41, 5.74) is 3.05. The number of carbonyl (C=O) groups is 1. The van der Waals surface area contributed by atoms with Gasteiger partial charge in [0, 0.05) is 50.6 Å². The fourth-order valence-electron chi connectivity index (χ4n) is 2.12. The molecule has 0 fully saturated rings. The van der Waals surface area contributed by atoms with Crippen molar-refractivity contribution >= 4 is 18.3 Å². The maximum absolute atomic E-state index is 12.2. The highest BCUT2D eigenvalue weighted by Crippen LogP contribution is 2.09. The van der Waals surface area contributed by atoms with Crippen molar-refractivity contribution in [2.45, 2.75) is 33.0 Å². The minimum Gasteiger partial charge on any atom is -0.339 e. The second-order valence-electron chi connectivity index (χ2n) is 5.83. The summed E-state index contributed by atoms with van der Waals surface area (Å²) in [6.07, 6.45) is 3.85. The molecule has 0 atom stereocenters. The molecule has 0 bridgehead atoms. The summed E-state index contributed by atoms with van der Waals surface area (Å²) in [6, 6.07) is 7.98. The van der Waals surface area contributed by atoms with Gasteiger partial charge in [0.1, 0.15) is 0 Å². The summed E-state index contributed by atoms with van der Waals surface area (Å²) in [7, 11) is 3.74. The molecule has 6 heteroatoms. The fourth-order valence-corrected chi connectivity index (χ4v) is 2.12. The van der Waals surface area contributed by atoms with Crippen molar-refractivity contribution in [1.82, 2.24) is 20.0 Å². The van der Waals surface area contributed by atoms with Gasteiger partial charge in [-0.2, -0.15) is 5.10 Å². The lowest BCUT2D eigenvalue weighted by molar-refractivity contribution is 0.0755. The van der Waals surface area contributed by atoms with Crippen molar-refractivity contribution in [3.8, 4) is 0 Å². The molecule has 0 radical (unpaired) electrons. The Morgan fingerprint density at radius 3 is 2.35 bits per heavy atom. The van der Waals surface area contributed by atoms with E-state index in [1.54, 1.807) is 9.58 Å². The van der Waals surface area contributed by atoms with Crippen LogP contribution in [0.25, 0.3) is 0 Å². The van der Waals surface area contributed by atoms with Crippen LogP contribution < -0.4 is 5.32 Å². The number of aryl methyl sites for hydroxylation is 1. The van der Waals surface area contributed by atoms with Gasteiger partial charge in [0.05, 0.1) is 6.20 Å². The molecule has 2 aromatic rings. The summed E-state index contributed by atoms with van der Waals surface area (Å²) in [6.45, 7) is 5.57. The largest absolute Gasteiger partial charge is 0.339 e. The van der Waals surface area contributed by atoms with Crippen LogP contribution in [0.4, 0.5) is 0 Å². The van der Waals surface area contributed by atoms with Gasteiger partial charge in [-0.05, 0) is 31.5 Å². The Balaban J connectivity index is 0.00000264. The summed E-state index contributed by atoms with van der Waals surface area (Å²) in [5.74, 6) is 0.0601. The topological polar surface area (TPSA) is 50.2 Å². The Morgan fingerprint density at radius 2 is 1.83 bits per heavy atom. The van der Waals surface area contributed by atoms with E-state index in [9.17, 15) is 4.79 Å². The number of halogens is 1. The molecule has 0 aliphatic carbocycles. The number of nitrogens with one attached hydrogen (secondary N) is 1. The summed E-state index contributed by atoms with van der Waals surface area (Å²) in [5, 5.41) is 7.51. The monoisotopic (exact) mass is 336 g/mol. The number of hydrogen-bond donors (Lipinski definition) is 1. The zero-order chi connectivity index (χ0) is 16.1. The number of rotatable bonds is 6. The molecule has 1 amide bonds. The maximum atomic E-state index is 12.2. The molecule has 1 aromatic carbocycles. The van der Waals surface area contributed by atoms with Gasteiger partial charge in [-0.25, -0.2) is 0 Å². The molecular weight excluding hydrogens is 312 g/mol. The maximum Gasteiger partial charge on any atom is 0.253 e. The Kier molecular flexibility index (Phi) is 7.26. The molecule has 2 rings (SSSR count). The average Bonchev–Trinajstić information content (AvgIpc) is 2.92. The molecular formula is C17H25ClN4O. The van der Waals surface area contributed by atoms with Crippen LogP contribution in [0.3, 0.4) is 0 Å². The molecule has 126 valence electrons. The van der Waals surface area contributed by atoms with Gasteiger partial charge >= 0.3 is 0 Å². The quantitative estimate of drug-likeness (QED) is 0.882. The lowest BCUT2D eigenvalue weighted by Crippen LogP contribution is -2.32. The van der Waals surface area contributed by atoms with Crippen molar-refractivity contribution in [2.75, 3.05) is 7.05 Å². The Hall–Kier alpha value is -1.85. The van der Waals surface area contributed by atoms with E-state index in [-0.39, 0.29) is 24.4 Å². The van der Waals surface area contributed by atoms with Crippen LogP contribution in [0.15, 0.2) is 36.7 Å². The molecule has 0 unspecified atom stereocenters. The number of carbonyl (C=O) groups excluding carboxylic acids is 1. The van der Waals surface area contributed by atoms with E-state index in [1.165, 1.54) is 0 Å². The zero-order valence-corrected chi connectivity index (χ0v) is 14.9. The smallest absolute Gasteiger partial charge is 0.253 e. The third-order valence-electron chi connectivity index (χ3n) is 3.71. The third-order valence-corrected chi connectivity index (χ3v) is 3.71. The summed E-state index contributed by atoms with van der Waals surface area (Å²) >= 11 is 0. The molecule has 0 saturated carbocycles. The molecule has 0 aliphatic rings. The highest BCUT2D eigenvalue weighted by atomic mass is 35.5. The molecule has 0 saturated heterocycles. The van der Waals surface area contributed by atoms with Crippen molar-refractivity contribution in [3.63, 3.8) is 0 Å². The lowest BCUT2D eigenvalue weighted by Gasteiger charge is -2.21. The number of amides is 1. The Morgan fingerprint density at radius 1 is 1.22 bits per heavy atom. The van der Waals surface area contributed by atoms with Gasteiger partial charge in [0.2, 0.25) is 0 Å². The molecule has 1 N–H and O–H groups in total. The van der Waals surface area contributed by atoms with Crippen LogP contribution in [-0.2, 0) is 20.1 Å². The van der Waals surface area contributed by atoms with E-state index in [0.29, 0.717) is 0 Å². The van der Waals surface area contributed by atoms with Crippen molar-refractivity contribution in [3.05, 3.63) is 53.3 Å². The number of benzene rings is 1. The van der Waals surface area contributed by atoms with Crippen LogP contribution in [0.1, 0.15) is 35.3 Å². The standard InChI is InChI=1S/C17H24N4O.ClH/c1-13(2)21(4)17(22)16-7-5-14(6-8-16)9-18-10-15-11-19-20(3)12-15;/h5-8,11-13,18H,9-10H2,1-4H3;1H. The highest BCUT2D eigenvalue weighted by molar-refractivity contribution is 5.94. The first-order valence-corrected chi connectivity index (χ1v) is 7.51.